The van der Waals surface area contributed by atoms with Gasteiger partial charge in [-0.2, -0.15) is 5.10 Å². The van der Waals surface area contributed by atoms with Gasteiger partial charge in [0.05, 0.1) is 6.61 Å². The van der Waals surface area contributed by atoms with Gasteiger partial charge in [-0.05, 0) is 24.6 Å². The van der Waals surface area contributed by atoms with E-state index in [0.29, 0.717) is 13.1 Å². The molecule has 1 aromatic heterocycles. The number of ether oxygens (including phenoxy) is 1. The third kappa shape index (κ3) is 4.67. The van der Waals surface area contributed by atoms with Crippen LogP contribution in [0.1, 0.15) is 33.5 Å². The number of esters is 1. The number of rotatable bonds is 5. The monoisotopic (exact) mass is 390 g/mol. The maximum absolute atomic E-state index is 12.7. The molecule has 27 heavy (non-hydrogen) atoms. The highest BCUT2D eigenvalue weighted by Gasteiger charge is 2.26. The molecule has 0 N–H and O–H groups in total. The number of aromatic nitrogens is 2. The van der Waals surface area contributed by atoms with Crippen molar-refractivity contribution < 1.29 is 14.3 Å². The molecular weight excluding hydrogens is 368 g/mol. The fourth-order valence-electron chi connectivity index (χ4n) is 3.13. The van der Waals surface area contributed by atoms with Crippen LogP contribution >= 0.6 is 11.6 Å². The van der Waals surface area contributed by atoms with E-state index in [4.69, 9.17) is 16.3 Å². The normalized spacial score (nSPS) is 15.0. The summed E-state index contributed by atoms with van der Waals surface area (Å²) in [7, 11) is 1.63. The van der Waals surface area contributed by atoms with Crippen LogP contribution in [0, 0.1) is 0 Å². The van der Waals surface area contributed by atoms with E-state index in [1.807, 2.05) is 24.3 Å². The first-order chi connectivity index (χ1) is 13.0. The predicted molar refractivity (Wildman–Crippen MR) is 102 cm³/mol. The van der Waals surface area contributed by atoms with E-state index >= 15 is 0 Å². The van der Waals surface area contributed by atoms with Gasteiger partial charge in [-0.3, -0.25) is 14.4 Å². The zero-order chi connectivity index (χ0) is 19.4. The molecule has 0 spiro atoms. The molecule has 2 heterocycles. The van der Waals surface area contributed by atoms with Crippen LogP contribution in [0.3, 0.4) is 0 Å². The topological polar surface area (TPSA) is 67.7 Å². The maximum atomic E-state index is 12.7. The number of hydrogen-bond acceptors (Lipinski definition) is 5. The Morgan fingerprint density at radius 1 is 1.19 bits per heavy atom. The molecule has 144 valence electrons. The van der Waals surface area contributed by atoms with E-state index in [-0.39, 0.29) is 23.9 Å². The molecule has 1 saturated heterocycles. The summed E-state index contributed by atoms with van der Waals surface area (Å²) in [5, 5.41) is 4.91. The lowest BCUT2D eigenvalue weighted by molar-refractivity contribution is 0.0513. The highest BCUT2D eigenvalue weighted by atomic mass is 35.5. The van der Waals surface area contributed by atoms with Crippen LogP contribution in [0.4, 0.5) is 0 Å². The Morgan fingerprint density at radius 3 is 2.59 bits per heavy atom. The van der Waals surface area contributed by atoms with Gasteiger partial charge in [-0.25, -0.2) is 4.79 Å². The summed E-state index contributed by atoms with van der Waals surface area (Å²) in [6, 6.07) is 9.31. The molecule has 1 fully saturated rings. The zero-order valence-electron chi connectivity index (χ0n) is 15.5. The first-order valence-corrected chi connectivity index (χ1v) is 9.33. The van der Waals surface area contributed by atoms with E-state index < -0.39 is 5.97 Å². The second-order valence-electron chi connectivity index (χ2n) is 6.46. The molecule has 0 saturated carbocycles. The van der Waals surface area contributed by atoms with Crippen molar-refractivity contribution in [1.29, 1.82) is 0 Å². The van der Waals surface area contributed by atoms with Crippen LogP contribution < -0.4 is 0 Å². The third-order valence-corrected chi connectivity index (χ3v) is 4.77. The van der Waals surface area contributed by atoms with Crippen LogP contribution in [0.15, 0.2) is 30.3 Å². The minimum absolute atomic E-state index is 0.163. The highest BCUT2D eigenvalue weighted by Crippen LogP contribution is 2.15. The number of halogens is 1. The Hall–Kier alpha value is -2.38. The molecule has 1 amide bonds. The van der Waals surface area contributed by atoms with Crippen LogP contribution in [0.25, 0.3) is 0 Å². The van der Waals surface area contributed by atoms with Crippen molar-refractivity contribution >= 4 is 23.5 Å². The SMILES string of the molecule is CCOC(=O)c1cc(C(=O)N2CCN(Cc3cccc(Cl)c3)CC2)nn1C. The first kappa shape index (κ1) is 19.4. The van der Waals surface area contributed by atoms with E-state index in [1.165, 1.54) is 10.7 Å². The summed E-state index contributed by atoms with van der Waals surface area (Å²) in [5.41, 5.74) is 1.70. The Bertz CT molecular complexity index is 828. The van der Waals surface area contributed by atoms with Crippen molar-refractivity contribution in [2.24, 2.45) is 7.05 Å². The number of nitrogens with zero attached hydrogens (tertiary/aromatic N) is 4. The number of aryl methyl sites for hydroxylation is 1. The summed E-state index contributed by atoms with van der Waals surface area (Å²) >= 11 is 6.04. The minimum Gasteiger partial charge on any atom is -0.461 e. The van der Waals surface area contributed by atoms with Gasteiger partial charge in [0.15, 0.2) is 5.69 Å². The summed E-state index contributed by atoms with van der Waals surface area (Å²) in [4.78, 5) is 28.7. The van der Waals surface area contributed by atoms with Gasteiger partial charge in [-0.1, -0.05) is 23.7 Å². The van der Waals surface area contributed by atoms with E-state index in [9.17, 15) is 9.59 Å². The molecule has 7 nitrogen and oxygen atoms in total. The zero-order valence-corrected chi connectivity index (χ0v) is 16.3. The number of carbonyl (C=O) groups is 2. The van der Waals surface area contributed by atoms with Gasteiger partial charge in [-0.15, -0.1) is 0 Å². The Balaban J connectivity index is 1.58. The molecule has 0 atom stereocenters. The van der Waals surface area contributed by atoms with Crippen LogP contribution in [-0.2, 0) is 18.3 Å². The Labute approximate surface area is 163 Å². The van der Waals surface area contributed by atoms with E-state index in [0.717, 1.165) is 30.2 Å². The second-order valence-corrected chi connectivity index (χ2v) is 6.89. The van der Waals surface area contributed by atoms with Gasteiger partial charge in [0.25, 0.3) is 5.91 Å². The number of carbonyl (C=O) groups excluding carboxylic acids is 2. The lowest BCUT2D eigenvalue weighted by atomic mass is 10.2. The van der Waals surface area contributed by atoms with Crippen LogP contribution in [0.5, 0.6) is 0 Å². The summed E-state index contributed by atoms with van der Waals surface area (Å²) in [6.07, 6.45) is 0. The first-order valence-electron chi connectivity index (χ1n) is 8.95. The Kier molecular flexibility index (Phi) is 6.13. The molecule has 3 rings (SSSR count). The van der Waals surface area contributed by atoms with Crippen molar-refractivity contribution in [3.8, 4) is 0 Å². The molecule has 2 aromatic rings. The number of amides is 1. The molecule has 0 unspecified atom stereocenters. The van der Waals surface area contributed by atoms with Gasteiger partial charge < -0.3 is 9.64 Å². The highest BCUT2D eigenvalue weighted by molar-refractivity contribution is 6.30. The fourth-order valence-corrected chi connectivity index (χ4v) is 3.35. The average Bonchev–Trinajstić information content (AvgIpc) is 3.04. The minimum atomic E-state index is -0.474. The molecule has 1 aromatic carbocycles. The largest absolute Gasteiger partial charge is 0.461 e. The van der Waals surface area contributed by atoms with E-state index in [1.54, 1.807) is 18.9 Å². The number of benzene rings is 1. The summed E-state index contributed by atoms with van der Waals surface area (Å²) in [5.74, 6) is -0.638. The molecule has 0 radical (unpaired) electrons. The van der Waals surface area contributed by atoms with Crippen molar-refractivity contribution in [2.75, 3.05) is 32.8 Å². The van der Waals surface area contributed by atoms with Crippen LogP contribution in [-0.4, -0.2) is 64.2 Å². The predicted octanol–water partition coefficient (Wildman–Crippen LogP) is 2.21. The van der Waals surface area contributed by atoms with Gasteiger partial charge in [0.1, 0.15) is 5.69 Å². The van der Waals surface area contributed by atoms with Gasteiger partial charge in [0.2, 0.25) is 0 Å². The number of hydrogen-bond donors (Lipinski definition) is 0. The maximum Gasteiger partial charge on any atom is 0.356 e. The standard InChI is InChI=1S/C19H23ClN4O3/c1-3-27-19(26)17-12-16(21-22(17)2)18(25)24-9-7-23(8-10-24)13-14-5-4-6-15(20)11-14/h4-6,11-12H,3,7-10,13H2,1-2H3. The summed E-state index contributed by atoms with van der Waals surface area (Å²) < 4.78 is 6.38. The molecule has 8 heteroatoms. The van der Waals surface area contributed by atoms with Crippen LogP contribution in [0.2, 0.25) is 5.02 Å². The Morgan fingerprint density at radius 2 is 1.93 bits per heavy atom. The molecule has 0 aliphatic carbocycles. The van der Waals surface area contributed by atoms with Crippen molar-refractivity contribution in [1.82, 2.24) is 19.6 Å². The fraction of sp³-hybridized carbons (Fsp3) is 0.421. The molecule has 1 aliphatic heterocycles. The molecule has 1 aliphatic rings. The van der Waals surface area contributed by atoms with E-state index in [2.05, 4.69) is 10.00 Å². The lowest BCUT2D eigenvalue weighted by Gasteiger charge is -2.34. The number of piperazine rings is 1. The van der Waals surface area contributed by atoms with Gasteiger partial charge in [0, 0.05) is 50.9 Å². The summed E-state index contributed by atoms with van der Waals surface area (Å²) in [6.45, 7) is 5.60. The molecular formula is C19H23ClN4O3. The van der Waals surface area contributed by atoms with Gasteiger partial charge >= 0.3 is 5.97 Å². The average molecular weight is 391 g/mol. The van der Waals surface area contributed by atoms with Crippen molar-refractivity contribution in [2.45, 2.75) is 13.5 Å². The second kappa shape index (κ2) is 8.54. The van der Waals surface area contributed by atoms with Crippen molar-refractivity contribution in [3.05, 3.63) is 52.3 Å². The quantitative estimate of drug-likeness (QED) is 0.732. The smallest absolute Gasteiger partial charge is 0.356 e. The molecule has 0 bridgehead atoms. The van der Waals surface area contributed by atoms with Crippen molar-refractivity contribution in [3.63, 3.8) is 0 Å². The third-order valence-electron chi connectivity index (χ3n) is 4.54. The lowest BCUT2D eigenvalue weighted by Crippen LogP contribution is -2.48.